The summed E-state index contributed by atoms with van der Waals surface area (Å²) in [5.41, 5.74) is 2.76. The molecule has 0 radical (unpaired) electrons. The number of nitro groups is 1. The minimum atomic E-state index is -0.617. The molecule has 2 amide bonds. The van der Waals surface area contributed by atoms with Gasteiger partial charge in [0.25, 0.3) is 11.6 Å². The number of benzene rings is 2. The molecular formula is C16H13BrN4O5. The molecular weight excluding hydrogens is 408 g/mol. The van der Waals surface area contributed by atoms with E-state index in [2.05, 4.69) is 31.8 Å². The fourth-order valence-corrected chi connectivity index (χ4v) is 2.44. The molecule has 2 aromatic rings. The molecule has 2 rings (SSSR count). The van der Waals surface area contributed by atoms with E-state index in [0.29, 0.717) is 5.69 Å². The Morgan fingerprint density at radius 2 is 2.04 bits per heavy atom. The zero-order valence-corrected chi connectivity index (χ0v) is 15.0. The normalized spacial score (nSPS) is 10.5. The number of hydrogen-bond acceptors (Lipinski definition) is 6. The molecule has 0 saturated heterocycles. The van der Waals surface area contributed by atoms with Crippen molar-refractivity contribution in [2.24, 2.45) is 5.10 Å². The van der Waals surface area contributed by atoms with Crippen LogP contribution in [0.15, 0.2) is 46.0 Å². The van der Waals surface area contributed by atoms with E-state index in [1.807, 2.05) is 0 Å². The number of phenolic OH excluding ortho intramolecular Hbond substituents is 1. The molecule has 0 saturated carbocycles. The number of aromatic hydroxyl groups is 1. The maximum atomic E-state index is 12.1. The summed E-state index contributed by atoms with van der Waals surface area (Å²) in [5.74, 6) is -1.08. The lowest BCUT2D eigenvalue weighted by Crippen LogP contribution is -2.18. The summed E-state index contributed by atoms with van der Waals surface area (Å²) in [6.07, 6.45) is 1.09. The molecule has 0 heterocycles. The Kier molecular flexibility index (Phi) is 6.02. The number of phenols is 1. The number of nitrogens with one attached hydrogen (secondary N) is 2. The third-order valence-electron chi connectivity index (χ3n) is 3.10. The van der Waals surface area contributed by atoms with Gasteiger partial charge < -0.3 is 10.4 Å². The van der Waals surface area contributed by atoms with Gasteiger partial charge in [0.05, 0.1) is 15.6 Å². The van der Waals surface area contributed by atoms with Crippen molar-refractivity contribution in [1.82, 2.24) is 5.43 Å². The first-order chi connectivity index (χ1) is 12.3. The van der Waals surface area contributed by atoms with Gasteiger partial charge in [-0.1, -0.05) is 6.07 Å². The van der Waals surface area contributed by atoms with E-state index in [-0.39, 0.29) is 32.9 Å². The highest BCUT2D eigenvalue weighted by molar-refractivity contribution is 9.10. The number of nitrogens with zero attached hydrogens (tertiary/aromatic N) is 2. The van der Waals surface area contributed by atoms with E-state index in [1.165, 1.54) is 19.1 Å². The molecule has 26 heavy (non-hydrogen) atoms. The number of carbonyl (C=O) groups is 2. The fraction of sp³-hybridized carbons (Fsp3) is 0.0625. The lowest BCUT2D eigenvalue weighted by molar-refractivity contribution is -0.385. The van der Waals surface area contributed by atoms with E-state index >= 15 is 0 Å². The van der Waals surface area contributed by atoms with Crippen molar-refractivity contribution >= 4 is 45.3 Å². The lowest BCUT2D eigenvalue weighted by Gasteiger charge is -2.05. The number of nitro benzene ring substituents is 1. The second-order valence-corrected chi connectivity index (χ2v) is 5.94. The van der Waals surface area contributed by atoms with Crippen LogP contribution in [0.2, 0.25) is 0 Å². The number of amides is 2. The highest BCUT2D eigenvalue weighted by Crippen LogP contribution is 2.31. The molecule has 10 heteroatoms. The van der Waals surface area contributed by atoms with Crippen molar-refractivity contribution in [3.05, 3.63) is 62.1 Å². The Morgan fingerprint density at radius 3 is 2.69 bits per heavy atom. The van der Waals surface area contributed by atoms with Gasteiger partial charge in [-0.2, -0.15) is 5.10 Å². The number of rotatable bonds is 5. The van der Waals surface area contributed by atoms with Gasteiger partial charge in [-0.15, -0.1) is 0 Å². The average Bonchev–Trinajstić information content (AvgIpc) is 2.57. The van der Waals surface area contributed by atoms with Crippen LogP contribution in [0, 0.1) is 10.1 Å². The van der Waals surface area contributed by atoms with Crippen LogP contribution in [-0.2, 0) is 4.79 Å². The predicted octanol–water partition coefficient (Wildman–Crippen LogP) is 2.79. The first-order valence-electron chi connectivity index (χ1n) is 7.16. The summed E-state index contributed by atoms with van der Waals surface area (Å²) >= 11 is 3.01. The zero-order valence-electron chi connectivity index (χ0n) is 13.4. The monoisotopic (exact) mass is 420 g/mol. The molecule has 0 aliphatic rings. The summed E-state index contributed by atoms with van der Waals surface area (Å²) in [7, 11) is 0. The summed E-state index contributed by atoms with van der Waals surface area (Å²) in [4.78, 5) is 33.4. The fourth-order valence-electron chi connectivity index (χ4n) is 1.98. The van der Waals surface area contributed by atoms with Crippen LogP contribution in [0.4, 0.5) is 11.4 Å². The summed E-state index contributed by atoms with van der Waals surface area (Å²) in [5, 5.41) is 27.0. The minimum absolute atomic E-state index is 0.0540. The van der Waals surface area contributed by atoms with Crippen molar-refractivity contribution in [3.63, 3.8) is 0 Å². The Morgan fingerprint density at radius 1 is 1.31 bits per heavy atom. The Labute approximate surface area is 156 Å². The average molecular weight is 421 g/mol. The number of hydrogen-bond donors (Lipinski definition) is 3. The van der Waals surface area contributed by atoms with Gasteiger partial charge in [-0.3, -0.25) is 19.7 Å². The quantitative estimate of drug-likeness (QED) is 0.388. The Bertz CT molecular complexity index is 914. The van der Waals surface area contributed by atoms with Gasteiger partial charge in [0.15, 0.2) is 0 Å². The van der Waals surface area contributed by atoms with Crippen LogP contribution in [-0.4, -0.2) is 28.1 Å². The summed E-state index contributed by atoms with van der Waals surface area (Å²) in [6, 6.07) is 8.48. The third-order valence-corrected chi connectivity index (χ3v) is 3.71. The number of halogens is 1. The molecule has 0 unspecified atom stereocenters. The summed E-state index contributed by atoms with van der Waals surface area (Å²) in [6.45, 7) is 1.35. The molecule has 0 spiro atoms. The topological polar surface area (TPSA) is 134 Å². The highest BCUT2D eigenvalue weighted by Gasteiger charge is 2.14. The van der Waals surface area contributed by atoms with E-state index in [0.717, 1.165) is 18.3 Å². The molecule has 0 bridgehead atoms. The SMILES string of the molecule is CC(=O)Nc1cccc(C(=O)N/N=C\c2cc([N+](=O)[O-])cc(Br)c2O)c1. The number of hydrazone groups is 1. The molecule has 9 nitrogen and oxygen atoms in total. The molecule has 3 N–H and O–H groups in total. The first-order valence-corrected chi connectivity index (χ1v) is 7.95. The van der Waals surface area contributed by atoms with Crippen LogP contribution < -0.4 is 10.7 Å². The van der Waals surface area contributed by atoms with Crippen LogP contribution in [0.25, 0.3) is 0 Å². The van der Waals surface area contributed by atoms with Gasteiger partial charge >= 0.3 is 0 Å². The number of carbonyl (C=O) groups excluding carboxylic acids is 2. The number of anilines is 1. The van der Waals surface area contributed by atoms with Crippen molar-refractivity contribution in [2.45, 2.75) is 6.92 Å². The Balaban J connectivity index is 2.15. The zero-order chi connectivity index (χ0) is 19.3. The highest BCUT2D eigenvalue weighted by atomic mass is 79.9. The van der Waals surface area contributed by atoms with E-state index < -0.39 is 10.8 Å². The van der Waals surface area contributed by atoms with E-state index in [4.69, 9.17) is 0 Å². The second-order valence-electron chi connectivity index (χ2n) is 5.08. The summed E-state index contributed by atoms with van der Waals surface area (Å²) < 4.78 is 0.127. The van der Waals surface area contributed by atoms with Crippen molar-refractivity contribution in [2.75, 3.05) is 5.32 Å². The van der Waals surface area contributed by atoms with Crippen molar-refractivity contribution in [3.8, 4) is 5.75 Å². The van der Waals surface area contributed by atoms with Gasteiger partial charge in [0.2, 0.25) is 5.91 Å². The first kappa shape index (κ1) is 19.1. The largest absolute Gasteiger partial charge is 0.506 e. The van der Waals surface area contributed by atoms with E-state index in [9.17, 15) is 24.8 Å². The van der Waals surface area contributed by atoms with E-state index in [1.54, 1.807) is 12.1 Å². The third kappa shape index (κ3) is 4.86. The molecule has 0 fully saturated rings. The molecule has 2 aromatic carbocycles. The van der Waals surface area contributed by atoms with Crippen LogP contribution in [0.3, 0.4) is 0 Å². The molecule has 0 aromatic heterocycles. The van der Waals surface area contributed by atoms with Crippen LogP contribution in [0.5, 0.6) is 5.75 Å². The maximum absolute atomic E-state index is 12.1. The lowest BCUT2D eigenvalue weighted by atomic mass is 10.2. The molecule has 134 valence electrons. The van der Waals surface area contributed by atoms with Gasteiger partial charge in [-0.25, -0.2) is 5.43 Å². The molecule has 0 aliphatic heterocycles. The van der Waals surface area contributed by atoms with Crippen LogP contribution >= 0.6 is 15.9 Å². The van der Waals surface area contributed by atoms with Crippen molar-refractivity contribution in [1.29, 1.82) is 0 Å². The number of non-ortho nitro benzene ring substituents is 1. The maximum Gasteiger partial charge on any atom is 0.271 e. The standard InChI is InChI=1S/C16H13BrN4O5/c1-9(22)19-12-4-2-3-10(5-12)16(24)20-18-8-11-6-13(21(25)26)7-14(17)15(11)23/h2-8,23H,1H3,(H,19,22)(H,20,24)/b18-8-. The van der Waals surface area contributed by atoms with Crippen LogP contribution in [0.1, 0.15) is 22.8 Å². The Hall–Kier alpha value is -3.27. The van der Waals surface area contributed by atoms with Gasteiger partial charge in [0, 0.05) is 35.9 Å². The van der Waals surface area contributed by atoms with Crippen molar-refractivity contribution < 1.29 is 19.6 Å². The smallest absolute Gasteiger partial charge is 0.271 e. The van der Waals surface area contributed by atoms with Gasteiger partial charge in [0.1, 0.15) is 5.75 Å². The predicted molar refractivity (Wildman–Crippen MR) is 98.3 cm³/mol. The minimum Gasteiger partial charge on any atom is -0.506 e. The molecule has 0 aliphatic carbocycles. The second kappa shape index (κ2) is 8.21. The molecule has 0 atom stereocenters. The van der Waals surface area contributed by atoms with Gasteiger partial charge in [-0.05, 0) is 34.1 Å².